The predicted molar refractivity (Wildman–Crippen MR) is 111 cm³/mol. The Labute approximate surface area is 176 Å². The summed E-state index contributed by atoms with van der Waals surface area (Å²) in [6.45, 7) is 5.24. The Morgan fingerprint density at radius 2 is 2.17 bits per heavy atom. The molecule has 0 bridgehead atoms. The molecule has 1 fully saturated rings. The van der Waals surface area contributed by atoms with Gasteiger partial charge >= 0.3 is 5.97 Å². The van der Waals surface area contributed by atoms with Crippen molar-refractivity contribution in [1.82, 2.24) is 4.90 Å². The minimum Gasteiger partial charge on any atom is -0.455 e. The first kappa shape index (κ1) is 21.4. The van der Waals surface area contributed by atoms with Gasteiger partial charge in [-0.25, -0.2) is 4.79 Å². The van der Waals surface area contributed by atoms with Crippen LogP contribution in [0.25, 0.3) is 10.4 Å². The number of carbonyl (C=O) groups excluding carboxylic acids is 3. The highest BCUT2D eigenvalue weighted by atomic mass is 32.2. The number of esters is 1. The number of ether oxygens (including phenoxy) is 1. The topological polar surface area (TPSA) is 112 Å². The molecule has 0 saturated carbocycles. The minimum absolute atomic E-state index is 0.00342. The Morgan fingerprint density at radius 3 is 2.79 bits per heavy atom. The molecule has 10 heteroatoms. The number of hydrogen-bond acceptors (Lipinski definition) is 7. The third kappa shape index (κ3) is 4.83. The largest absolute Gasteiger partial charge is 0.455 e. The summed E-state index contributed by atoms with van der Waals surface area (Å²) in [5, 5.41) is 5.18. The van der Waals surface area contributed by atoms with Gasteiger partial charge in [0, 0.05) is 28.4 Å². The Balaban J connectivity index is 1.77. The molecular weight excluding hydrogens is 412 g/mol. The van der Waals surface area contributed by atoms with Crippen LogP contribution in [-0.4, -0.2) is 45.8 Å². The van der Waals surface area contributed by atoms with Crippen LogP contribution in [0, 0.1) is 5.92 Å². The van der Waals surface area contributed by atoms with Crippen LogP contribution in [0.4, 0.5) is 0 Å². The van der Waals surface area contributed by atoms with Crippen molar-refractivity contribution in [3.63, 3.8) is 0 Å². The zero-order valence-electron chi connectivity index (χ0n) is 16.5. The molecule has 0 radical (unpaired) electrons. The van der Waals surface area contributed by atoms with Gasteiger partial charge in [-0.3, -0.25) is 14.5 Å². The zero-order valence-corrected chi connectivity index (χ0v) is 18.1. The van der Waals surface area contributed by atoms with Gasteiger partial charge in [0.1, 0.15) is 17.1 Å². The van der Waals surface area contributed by atoms with Gasteiger partial charge in [0.05, 0.1) is 17.8 Å². The Morgan fingerprint density at radius 1 is 1.41 bits per heavy atom. The SMILES string of the molecule is CC(C)(C)OC(=O)C1=C(CN=[N+]=[N-])CS[C@@H]2[C@H](CC(=O)Cc3cccs3)C(=O)N12. The van der Waals surface area contributed by atoms with Gasteiger partial charge < -0.3 is 4.74 Å². The molecule has 0 aliphatic carbocycles. The highest BCUT2D eigenvalue weighted by molar-refractivity contribution is 8.00. The average Bonchev–Trinajstić information content (AvgIpc) is 3.15. The van der Waals surface area contributed by atoms with Gasteiger partial charge in [-0.1, -0.05) is 11.2 Å². The van der Waals surface area contributed by atoms with Crippen LogP contribution >= 0.6 is 23.1 Å². The molecule has 2 aliphatic heterocycles. The van der Waals surface area contributed by atoms with Gasteiger partial charge in [-0.2, -0.15) is 0 Å². The number of β-lactam (4-membered cyclic amide) rings is 1. The predicted octanol–water partition coefficient (Wildman–Crippen LogP) is 3.69. The summed E-state index contributed by atoms with van der Waals surface area (Å²) >= 11 is 2.99. The molecular formula is C19H22N4O4S2. The van der Waals surface area contributed by atoms with E-state index in [4.69, 9.17) is 10.3 Å². The molecule has 8 nitrogen and oxygen atoms in total. The van der Waals surface area contributed by atoms with E-state index in [0.29, 0.717) is 17.7 Å². The summed E-state index contributed by atoms with van der Waals surface area (Å²) in [6, 6.07) is 3.79. The van der Waals surface area contributed by atoms with E-state index in [-0.39, 0.29) is 35.7 Å². The quantitative estimate of drug-likeness (QED) is 0.214. The fraction of sp³-hybridized carbons (Fsp3) is 0.526. The number of amides is 1. The Bertz CT molecular complexity index is 898. The van der Waals surface area contributed by atoms with Crippen molar-refractivity contribution in [1.29, 1.82) is 0 Å². The fourth-order valence-electron chi connectivity index (χ4n) is 3.30. The molecule has 2 aliphatic rings. The zero-order chi connectivity index (χ0) is 21.2. The maximum Gasteiger partial charge on any atom is 0.355 e. The van der Waals surface area contributed by atoms with E-state index < -0.39 is 17.5 Å². The molecule has 1 aromatic rings. The number of carbonyl (C=O) groups is 3. The first-order valence-electron chi connectivity index (χ1n) is 9.16. The molecule has 0 N–H and O–H groups in total. The lowest BCUT2D eigenvalue weighted by atomic mass is 9.89. The molecule has 0 spiro atoms. The van der Waals surface area contributed by atoms with E-state index in [1.54, 1.807) is 20.8 Å². The number of fused-ring (bicyclic) bond motifs is 1. The van der Waals surface area contributed by atoms with Crippen molar-refractivity contribution in [2.75, 3.05) is 12.3 Å². The molecule has 1 amide bonds. The number of nitrogens with zero attached hydrogens (tertiary/aromatic N) is 4. The minimum atomic E-state index is -0.724. The molecule has 154 valence electrons. The van der Waals surface area contributed by atoms with E-state index in [0.717, 1.165) is 4.88 Å². The normalized spacial score (nSPS) is 21.2. The molecule has 0 unspecified atom stereocenters. The summed E-state index contributed by atoms with van der Waals surface area (Å²) in [5.74, 6) is -0.874. The molecule has 1 saturated heterocycles. The summed E-state index contributed by atoms with van der Waals surface area (Å²) in [6.07, 6.45) is 0.466. The lowest BCUT2D eigenvalue weighted by Gasteiger charge is -2.50. The monoisotopic (exact) mass is 434 g/mol. The molecule has 2 atom stereocenters. The first-order chi connectivity index (χ1) is 13.7. The number of azide groups is 1. The van der Waals surface area contributed by atoms with Crippen molar-refractivity contribution in [2.45, 2.75) is 44.6 Å². The second-order valence-electron chi connectivity index (χ2n) is 7.86. The van der Waals surface area contributed by atoms with Crippen molar-refractivity contribution >= 4 is 40.8 Å². The van der Waals surface area contributed by atoms with Crippen molar-refractivity contribution in [2.24, 2.45) is 11.0 Å². The van der Waals surface area contributed by atoms with E-state index in [9.17, 15) is 14.4 Å². The van der Waals surface area contributed by atoms with E-state index in [2.05, 4.69) is 10.0 Å². The number of rotatable bonds is 7. The number of thiophene rings is 1. The first-order valence-corrected chi connectivity index (χ1v) is 11.1. The van der Waals surface area contributed by atoms with Crippen LogP contribution in [0.2, 0.25) is 0 Å². The van der Waals surface area contributed by atoms with Gasteiger partial charge in [-0.05, 0) is 43.3 Å². The fourth-order valence-corrected chi connectivity index (χ4v) is 5.43. The Kier molecular flexibility index (Phi) is 6.36. The number of Topliss-reactive ketones (excluding diaryl/α,β-unsaturated/α-hetero) is 1. The van der Waals surface area contributed by atoms with Gasteiger partial charge in [0.15, 0.2) is 0 Å². The van der Waals surface area contributed by atoms with Crippen molar-refractivity contribution in [3.8, 4) is 0 Å². The maximum atomic E-state index is 12.9. The van der Waals surface area contributed by atoms with E-state index in [1.807, 2.05) is 17.5 Å². The molecule has 1 aromatic heterocycles. The summed E-state index contributed by atoms with van der Waals surface area (Å²) in [7, 11) is 0. The maximum absolute atomic E-state index is 12.9. The molecule has 3 rings (SSSR count). The third-order valence-corrected chi connectivity index (χ3v) is 6.75. The van der Waals surface area contributed by atoms with Gasteiger partial charge in [0.25, 0.3) is 0 Å². The second-order valence-corrected chi connectivity index (χ2v) is 10.00. The molecule has 29 heavy (non-hydrogen) atoms. The number of ketones is 1. The van der Waals surface area contributed by atoms with Crippen molar-refractivity contribution in [3.05, 3.63) is 44.1 Å². The summed E-state index contributed by atoms with van der Waals surface area (Å²) < 4.78 is 5.47. The number of hydrogen-bond donors (Lipinski definition) is 0. The second kappa shape index (κ2) is 8.61. The smallest absolute Gasteiger partial charge is 0.355 e. The summed E-state index contributed by atoms with van der Waals surface area (Å²) in [4.78, 5) is 43.2. The lowest BCUT2D eigenvalue weighted by molar-refractivity contribution is -0.161. The van der Waals surface area contributed by atoms with Gasteiger partial charge in [0.2, 0.25) is 5.91 Å². The number of thioether (sulfide) groups is 1. The highest BCUT2D eigenvalue weighted by Gasteiger charge is 2.54. The van der Waals surface area contributed by atoms with Crippen LogP contribution in [0.1, 0.15) is 32.1 Å². The van der Waals surface area contributed by atoms with Crippen LogP contribution in [-0.2, 0) is 25.5 Å². The Hall–Kier alpha value is -2.29. The third-order valence-electron chi connectivity index (χ3n) is 4.47. The summed E-state index contributed by atoms with van der Waals surface area (Å²) in [5.41, 5.74) is 8.63. The standard InChI is InChI=1S/C19H22N4O4S2/c1-19(2,3)27-18(26)15-11(9-21-22-20)10-29-17-14(16(25)23(15)17)8-12(24)7-13-5-4-6-28-13/h4-6,14,17H,7-10H2,1-3H3/t14-,17-/m1/s1. The van der Waals surface area contributed by atoms with Crippen molar-refractivity contribution < 1.29 is 19.1 Å². The lowest BCUT2D eigenvalue weighted by Crippen LogP contribution is -2.62. The van der Waals surface area contributed by atoms with E-state index in [1.165, 1.54) is 28.0 Å². The van der Waals surface area contributed by atoms with Crippen LogP contribution < -0.4 is 0 Å². The van der Waals surface area contributed by atoms with Crippen LogP contribution in [0.5, 0.6) is 0 Å². The molecule has 0 aromatic carbocycles. The van der Waals surface area contributed by atoms with E-state index >= 15 is 0 Å². The van der Waals surface area contributed by atoms with Crippen LogP contribution in [0.15, 0.2) is 33.9 Å². The van der Waals surface area contributed by atoms with Gasteiger partial charge in [-0.15, -0.1) is 23.1 Å². The highest BCUT2D eigenvalue weighted by Crippen LogP contribution is 2.45. The van der Waals surface area contributed by atoms with Crippen LogP contribution in [0.3, 0.4) is 0 Å². The average molecular weight is 435 g/mol. The molecule has 3 heterocycles.